The van der Waals surface area contributed by atoms with Crippen molar-refractivity contribution in [1.82, 2.24) is 5.32 Å². The van der Waals surface area contributed by atoms with E-state index in [2.05, 4.69) is 31.9 Å². The first kappa shape index (κ1) is 16.6. The second kappa shape index (κ2) is 7.45. The van der Waals surface area contributed by atoms with Crippen LogP contribution in [0.2, 0.25) is 0 Å². The molecule has 8 nitrogen and oxygen atoms in total. The van der Waals surface area contributed by atoms with Crippen molar-refractivity contribution in [3.63, 3.8) is 0 Å². The highest BCUT2D eigenvalue weighted by atomic mass is 79.9. The van der Waals surface area contributed by atoms with Gasteiger partial charge in [0.05, 0.1) is 6.54 Å². The average Bonchev–Trinajstić information content (AvgIpc) is 2.91. The molecule has 0 saturated carbocycles. The van der Waals surface area contributed by atoms with Crippen molar-refractivity contribution in [2.24, 2.45) is 5.73 Å². The highest BCUT2D eigenvalue weighted by Crippen LogP contribution is 2.15. The van der Waals surface area contributed by atoms with Crippen molar-refractivity contribution in [2.75, 3.05) is 17.2 Å². The molecule has 0 bridgehead atoms. The van der Waals surface area contributed by atoms with Gasteiger partial charge in [-0.15, -0.1) is 0 Å². The molecular weight excluding hydrogens is 368 g/mol. The number of primary amides is 1. The molecule has 1 aromatic heterocycles. The van der Waals surface area contributed by atoms with Crippen LogP contribution in [0.15, 0.2) is 45.5 Å². The maximum Gasteiger partial charge on any atom is 0.316 e. The Morgan fingerprint density at radius 2 is 1.78 bits per heavy atom. The molecule has 2 aromatic rings. The van der Waals surface area contributed by atoms with E-state index < -0.39 is 17.8 Å². The average molecular weight is 381 g/mol. The van der Waals surface area contributed by atoms with Crippen LogP contribution in [0.1, 0.15) is 10.6 Å². The number of furan rings is 1. The fourth-order valence-corrected chi connectivity index (χ4v) is 2.01. The van der Waals surface area contributed by atoms with E-state index >= 15 is 0 Å². The third-order valence-electron chi connectivity index (χ3n) is 2.62. The number of carbonyl (C=O) groups excluding carboxylic acids is 3. The Morgan fingerprint density at radius 1 is 1.09 bits per heavy atom. The summed E-state index contributed by atoms with van der Waals surface area (Å²) in [5.74, 6) is -0.840. The molecular formula is C14H13BrN4O4. The third kappa shape index (κ3) is 5.15. The van der Waals surface area contributed by atoms with Crippen molar-refractivity contribution in [2.45, 2.75) is 0 Å². The number of nitrogens with two attached hydrogens (primary N) is 1. The molecule has 0 spiro atoms. The van der Waals surface area contributed by atoms with Gasteiger partial charge in [-0.2, -0.15) is 0 Å². The summed E-state index contributed by atoms with van der Waals surface area (Å²) in [6.07, 6.45) is 0. The fourth-order valence-electron chi connectivity index (χ4n) is 1.71. The van der Waals surface area contributed by atoms with Crippen LogP contribution in [0.25, 0.3) is 0 Å². The van der Waals surface area contributed by atoms with Gasteiger partial charge in [0.1, 0.15) is 0 Å². The normalized spacial score (nSPS) is 9.96. The molecule has 120 valence electrons. The number of rotatable bonds is 5. The molecule has 2 rings (SSSR count). The molecule has 1 aromatic carbocycles. The summed E-state index contributed by atoms with van der Waals surface area (Å²) in [5.41, 5.74) is 5.92. The van der Waals surface area contributed by atoms with Gasteiger partial charge in [-0.3, -0.25) is 9.59 Å². The first-order chi connectivity index (χ1) is 10.9. The number of anilines is 2. The van der Waals surface area contributed by atoms with Crippen molar-refractivity contribution < 1.29 is 18.8 Å². The molecule has 9 heteroatoms. The zero-order chi connectivity index (χ0) is 16.8. The minimum absolute atomic E-state index is 0.0948. The van der Waals surface area contributed by atoms with Crippen LogP contribution < -0.4 is 21.7 Å². The van der Waals surface area contributed by atoms with Crippen LogP contribution in [-0.4, -0.2) is 24.4 Å². The Morgan fingerprint density at radius 3 is 2.39 bits per heavy atom. The van der Waals surface area contributed by atoms with Gasteiger partial charge in [-0.25, -0.2) is 4.79 Å². The predicted molar refractivity (Wildman–Crippen MR) is 87.0 cm³/mol. The van der Waals surface area contributed by atoms with Crippen LogP contribution in [0.4, 0.5) is 16.2 Å². The summed E-state index contributed by atoms with van der Waals surface area (Å²) in [6, 6.07) is 8.79. The summed E-state index contributed by atoms with van der Waals surface area (Å²) < 4.78 is 5.49. The molecule has 0 aliphatic carbocycles. The van der Waals surface area contributed by atoms with Crippen molar-refractivity contribution in [1.29, 1.82) is 0 Å². The zero-order valence-electron chi connectivity index (χ0n) is 11.8. The number of halogens is 1. The number of hydrogen-bond donors (Lipinski definition) is 4. The van der Waals surface area contributed by atoms with Gasteiger partial charge in [-0.05, 0) is 46.3 Å². The maximum absolute atomic E-state index is 11.8. The van der Waals surface area contributed by atoms with E-state index in [1.807, 2.05) is 0 Å². The van der Waals surface area contributed by atoms with Crippen LogP contribution in [-0.2, 0) is 4.79 Å². The lowest BCUT2D eigenvalue weighted by Crippen LogP contribution is -2.32. The maximum atomic E-state index is 11.8. The van der Waals surface area contributed by atoms with Gasteiger partial charge >= 0.3 is 6.03 Å². The summed E-state index contributed by atoms with van der Waals surface area (Å²) in [6.45, 7) is -0.232. The lowest BCUT2D eigenvalue weighted by molar-refractivity contribution is -0.115. The second-order valence-electron chi connectivity index (χ2n) is 4.40. The van der Waals surface area contributed by atoms with Crippen molar-refractivity contribution in [3.8, 4) is 0 Å². The number of nitrogens with one attached hydrogen (secondary N) is 3. The molecule has 0 fully saturated rings. The minimum atomic E-state index is -0.703. The number of benzene rings is 1. The molecule has 5 N–H and O–H groups in total. The van der Waals surface area contributed by atoms with E-state index in [-0.39, 0.29) is 12.3 Å². The Kier molecular flexibility index (Phi) is 5.36. The topological polar surface area (TPSA) is 126 Å². The fraction of sp³-hybridized carbons (Fsp3) is 0.0714. The minimum Gasteiger partial charge on any atom is -0.444 e. The summed E-state index contributed by atoms with van der Waals surface area (Å²) >= 11 is 3.08. The highest BCUT2D eigenvalue weighted by molar-refractivity contribution is 9.10. The molecule has 0 aliphatic heterocycles. The van der Waals surface area contributed by atoms with Gasteiger partial charge in [0, 0.05) is 11.4 Å². The quantitative estimate of drug-likeness (QED) is 0.631. The van der Waals surface area contributed by atoms with Crippen LogP contribution in [0.5, 0.6) is 0 Å². The largest absolute Gasteiger partial charge is 0.444 e. The standard InChI is InChI=1S/C14H13BrN4O4/c15-11-5-4-10(23-11)13(21)17-7-12(20)18-8-2-1-3-9(6-8)19-14(16)22/h1-6H,7H2,(H,17,21)(H,18,20)(H3,16,19,22). The van der Waals surface area contributed by atoms with E-state index in [0.717, 1.165) is 0 Å². The van der Waals surface area contributed by atoms with Crippen LogP contribution in [0.3, 0.4) is 0 Å². The smallest absolute Gasteiger partial charge is 0.316 e. The number of urea groups is 1. The van der Waals surface area contributed by atoms with E-state index in [0.29, 0.717) is 16.0 Å². The van der Waals surface area contributed by atoms with Crippen LogP contribution in [0, 0.1) is 0 Å². The first-order valence-corrected chi connectivity index (χ1v) is 7.23. The highest BCUT2D eigenvalue weighted by Gasteiger charge is 2.12. The third-order valence-corrected chi connectivity index (χ3v) is 3.05. The van der Waals surface area contributed by atoms with Crippen molar-refractivity contribution >= 4 is 45.2 Å². The Hall–Kier alpha value is -2.81. The molecule has 0 unspecified atom stereocenters. The summed E-state index contributed by atoms with van der Waals surface area (Å²) in [5, 5.41) is 7.40. The number of amides is 4. The van der Waals surface area contributed by atoms with Gasteiger partial charge < -0.3 is 26.1 Å². The van der Waals surface area contributed by atoms with Gasteiger partial charge in [0.25, 0.3) is 5.91 Å². The number of hydrogen-bond acceptors (Lipinski definition) is 4. The Balaban J connectivity index is 1.87. The van der Waals surface area contributed by atoms with E-state index in [1.165, 1.54) is 12.1 Å². The van der Waals surface area contributed by atoms with E-state index in [4.69, 9.17) is 10.2 Å². The van der Waals surface area contributed by atoms with Gasteiger partial charge in [-0.1, -0.05) is 6.07 Å². The van der Waals surface area contributed by atoms with E-state index in [9.17, 15) is 14.4 Å². The first-order valence-electron chi connectivity index (χ1n) is 6.44. The SMILES string of the molecule is NC(=O)Nc1cccc(NC(=O)CNC(=O)c2ccc(Br)o2)c1. The summed E-state index contributed by atoms with van der Waals surface area (Å²) in [7, 11) is 0. The molecule has 0 radical (unpaired) electrons. The second-order valence-corrected chi connectivity index (χ2v) is 5.19. The van der Waals surface area contributed by atoms with E-state index in [1.54, 1.807) is 24.3 Å². The molecule has 4 amide bonds. The van der Waals surface area contributed by atoms with Crippen LogP contribution >= 0.6 is 15.9 Å². The molecule has 0 atom stereocenters. The molecule has 1 heterocycles. The van der Waals surface area contributed by atoms with Gasteiger partial charge in [0.2, 0.25) is 5.91 Å². The lowest BCUT2D eigenvalue weighted by Gasteiger charge is -2.08. The molecule has 23 heavy (non-hydrogen) atoms. The van der Waals surface area contributed by atoms with Crippen molar-refractivity contribution in [3.05, 3.63) is 46.8 Å². The monoisotopic (exact) mass is 380 g/mol. The lowest BCUT2D eigenvalue weighted by atomic mass is 10.2. The Labute approximate surface area is 139 Å². The summed E-state index contributed by atoms with van der Waals surface area (Å²) in [4.78, 5) is 34.3. The predicted octanol–water partition coefficient (Wildman–Crippen LogP) is 1.90. The number of carbonyl (C=O) groups is 3. The zero-order valence-corrected chi connectivity index (χ0v) is 13.3. The van der Waals surface area contributed by atoms with Gasteiger partial charge in [0.15, 0.2) is 10.4 Å². The Bertz CT molecular complexity index is 744. The molecule has 0 saturated heterocycles. The molecule has 0 aliphatic rings.